The van der Waals surface area contributed by atoms with Crippen molar-refractivity contribution in [2.45, 2.75) is 31.4 Å². The van der Waals surface area contributed by atoms with E-state index in [1.807, 2.05) is 0 Å². The van der Waals surface area contributed by atoms with Crippen molar-refractivity contribution in [1.29, 1.82) is 0 Å². The highest BCUT2D eigenvalue weighted by Gasteiger charge is 2.33. The third-order valence-corrected chi connectivity index (χ3v) is 2.80. The van der Waals surface area contributed by atoms with E-state index in [-0.39, 0.29) is 17.9 Å². The second kappa shape index (κ2) is 5.16. The zero-order valence-corrected chi connectivity index (χ0v) is 9.51. The summed E-state index contributed by atoms with van der Waals surface area (Å²) < 4.78 is 0. The van der Waals surface area contributed by atoms with Gasteiger partial charge in [0.15, 0.2) is 0 Å². The first kappa shape index (κ1) is 12.8. The third-order valence-electron chi connectivity index (χ3n) is 2.80. The lowest BCUT2D eigenvalue weighted by Crippen LogP contribution is -2.45. The summed E-state index contributed by atoms with van der Waals surface area (Å²) in [4.78, 5) is 23.7. The van der Waals surface area contributed by atoms with Crippen LogP contribution in [0.2, 0.25) is 0 Å². The Morgan fingerprint density at radius 1 is 1.25 bits per heavy atom. The summed E-state index contributed by atoms with van der Waals surface area (Å²) in [6, 6.07) is -0.338. The zero-order chi connectivity index (χ0) is 12.3. The number of nitrogens with one attached hydrogen (secondary N) is 1. The van der Waals surface area contributed by atoms with E-state index in [1.54, 1.807) is 14.1 Å². The van der Waals surface area contributed by atoms with Gasteiger partial charge in [-0.05, 0) is 19.3 Å². The molecule has 0 saturated heterocycles. The van der Waals surface area contributed by atoms with E-state index in [0.29, 0.717) is 19.3 Å². The average Bonchev–Trinajstić information content (AvgIpc) is 2.14. The second-order valence-corrected chi connectivity index (χ2v) is 4.44. The highest BCUT2D eigenvalue weighted by Crippen LogP contribution is 2.26. The second-order valence-electron chi connectivity index (χ2n) is 4.44. The number of aliphatic hydroxyl groups excluding tert-OH is 1. The number of hydrogen-bond donors (Lipinski definition) is 3. The summed E-state index contributed by atoms with van der Waals surface area (Å²) in [6.07, 6.45) is -0.478. The molecule has 0 unspecified atom stereocenters. The van der Waals surface area contributed by atoms with E-state index in [0.717, 1.165) is 0 Å². The molecule has 0 radical (unpaired) electrons. The maximum atomic E-state index is 11.7. The normalized spacial score (nSPS) is 29.6. The molecule has 0 aromatic rings. The van der Waals surface area contributed by atoms with Crippen LogP contribution >= 0.6 is 0 Å². The smallest absolute Gasteiger partial charge is 0.404 e. The minimum atomic E-state index is -1.12. The summed E-state index contributed by atoms with van der Waals surface area (Å²) in [5.41, 5.74) is 0. The zero-order valence-electron chi connectivity index (χ0n) is 9.51. The van der Waals surface area contributed by atoms with Gasteiger partial charge < -0.3 is 20.4 Å². The van der Waals surface area contributed by atoms with Crippen molar-refractivity contribution in [2.75, 3.05) is 14.1 Å². The molecule has 16 heavy (non-hydrogen) atoms. The Balaban J connectivity index is 2.60. The SMILES string of the molecule is CN(C)C(=O)[C@H]1C[C@@H](O)C[C@@H](NC(=O)O)C1. The van der Waals surface area contributed by atoms with Gasteiger partial charge >= 0.3 is 6.09 Å². The molecular formula is C10H18N2O4. The third kappa shape index (κ3) is 3.37. The van der Waals surface area contributed by atoms with Crippen molar-refractivity contribution < 1.29 is 19.8 Å². The van der Waals surface area contributed by atoms with Gasteiger partial charge in [0, 0.05) is 26.1 Å². The number of aliphatic hydroxyl groups is 1. The minimum Gasteiger partial charge on any atom is -0.465 e. The Labute approximate surface area is 94.2 Å². The minimum absolute atomic E-state index is 0.0593. The molecule has 0 aromatic heterocycles. The van der Waals surface area contributed by atoms with Crippen LogP contribution in [-0.4, -0.2) is 53.4 Å². The van der Waals surface area contributed by atoms with Gasteiger partial charge in [0.2, 0.25) is 5.91 Å². The first-order valence-electron chi connectivity index (χ1n) is 5.28. The summed E-state index contributed by atoms with van der Waals surface area (Å²) in [7, 11) is 3.31. The van der Waals surface area contributed by atoms with Crippen LogP contribution < -0.4 is 5.32 Å². The molecule has 1 fully saturated rings. The number of carbonyl (C=O) groups excluding carboxylic acids is 1. The molecule has 1 saturated carbocycles. The number of hydrogen-bond acceptors (Lipinski definition) is 3. The van der Waals surface area contributed by atoms with Crippen LogP contribution in [0.1, 0.15) is 19.3 Å². The molecule has 0 heterocycles. The van der Waals surface area contributed by atoms with E-state index in [4.69, 9.17) is 5.11 Å². The number of nitrogens with zero attached hydrogens (tertiary/aromatic N) is 1. The number of carbonyl (C=O) groups is 2. The standard InChI is InChI=1S/C10H18N2O4/c1-12(2)9(14)6-3-7(11-10(15)16)5-8(13)4-6/h6-8,11,13H,3-5H2,1-2H3,(H,15,16)/t6-,7+,8-/m1/s1. The Hall–Kier alpha value is -1.30. The van der Waals surface area contributed by atoms with Gasteiger partial charge in [-0.15, -0.1) is 0 Å². The summed E-state index contributed by atoms with van der Waals surface area (Å²) >= 11 is 0. The van der Waals surface area contributed by atoms with Crippen molar-refractivity contribution in [3.05, 3.63) is 0 Å². The molecule has 0 aliphatic heterocycles. The van der Waals surface area contributed by atoms with Crippen molar-refractivity contribution in [2.24, 2.45) is 5.92 Å². The van der Waals surface area contributed by atoms with E-state index < -0.39 is 12.2 Å². The number of rotatable bonds is 2. The fraction of sp³-hybridized carbons (Fsp3) is 0.800. The Kier molecular flexibility index (Phi) is 4.12. The Morgan fingerprint density at radius 2 is 1.88 bits per heavy atom. The maximum absolute atomic E-state index is 11.7. The molecule has 0 aromatic carbocycles. The van der Waals surface area contributed by atoms with Gasteiger partial charge in [-0.2, -0.15) is 0 Å². The lowest BCUT2D eigenvalue weighted by molar-refractivity contribution is -0.135. The number of amides is 2. The molecule has 3 N–H and O–H groups in total. The van der Waals surface area contributed by atoms with Gasteiger partial charge in [-0.3, -0.25) is 4.79 Å². The van der Waals surface area contributed by atoms with E-state index in [9.17, 15) is 14.7 Å². The predicted octanol–water partition coefficient (Wildman–Crippen LogP) is -0.128. The van der Waals surface area contributed by atoms with Crippen molar-refractivity contribution in [1.82, 2.24) is 10.2 Å². The molecular weight excluding hydrogens is 212 g/mol. The highest BCUT2D eigenvalue weighted by atomic mass is 16.4. The summed E-state index contributed by atoms with van der Waals surface area (Å²) in [6.45, 7) is 0. The van der Waals surface area contributed by atoms with Gasteiger partial charge in [-0.1, -0.05) is 0 Å². The van der Waals surface area contributed by atoms with Crippen LogP contribution in [0.15, 0.2) is 0 Å². The molecule has 0 spiro atoms. The quantitative estimate of drug-likeness (QED) is 0.616. The molecule has 0 bridgehead atoms. The van der Waals surface area contributed by atoms with Crippen LogP contribution in [0.3, 0.4) is 0 Å². The van der Waals surface area contributed by atoms with Crippen molar-refractivity contribution in [3.8, 4) is 0 Å². The topological polar surface area (TPSA) is 89.9 Å². The van der Waals surface area contributed by atoms with Crippen LogP contribution in [-0.2, 0) is 4.79 Å². The average molecular weight is 230 g/mol. The van der Waals surface area contributed by atoms with Crippen molar-refractivity contribution >= 4 is 12.0 Å². The molecule has 6 nitrogen and oxygen atoms in total. The first-order valence-corrected chi connectivity index (χ1v) is 5.28. The van der Waals surface area contributed by atoms with Gasteiger partial charge in [0.05, 0.1) is 6.10 Å². The van der Waals surface area contributed by atoms with Crippen LogP contribution in [0, 0.1) is 5.92 Å². The Morgan fingerprint density at radius 3 is 2.38 bits per heavy atom. The molecule has 1 aliphatic carbocycles. The van der Waals surface area contributed by atoms with E-state index >= 15 is 0 Å². The molecule has 6 heteroatoms. The molecule has 3 atom stereocenters. The molecule has 1 rings (SSSR count). The number of carboxylic acid groups (broad SMARTS) is 1. The summed E-state index contributed by atoms with van der Waals surface area (Å²) in [5, 5.41) is 20.5. The monoisotopic (exact) mass is 230 g/mol. The summed E-state index contributed by atoms with van der Waals surface area (Å²) in [5.74, 6) is -0.355. The molecule has 92 valence electrons. The lowest BCUT2D eigenvalue weighted by Gasteiger charge is -2.32. The van der Waals surface area contributed by atoms with Crippen molar-refractivity contribution in [3.63, 3.8) is 0 Å². The maximum Gasteiger partial charge on any atom is 0.404 e. The lowest BCUT2D eigenvalue weighted by atomic mass is 9.83. The van der Waals surface area contributed by atoms with E-state index in [1.165, 1.54) is 4.90 Å². The van der Waals surface area contributed by atoms with Crippen LogP contribution in [0.4, 0.5) is 4.79 Å². The molecule has 1 aliphatic rings. The van der Waals surface area contributed by atoms with E-state index in [2.05, 4.69) is 5.32 Å². The van der Waals surface area contributed by atoms with Crippen LogP contribution in [0.25, 0.3) is 0 Å². The largest absolute Gasteiger partial charge is 0.465 e. The van der Waals surface area contributed by atoms with Gasteiger partial charge in [-0.25, -0.2) is 4.79 Å². The fourth-order valence-corrected chi connectivity index (χ4v) is 2.15. The highest BCUT2D eigenvalue weighted by molar-refractivity contribution is 5.78. The predicted molar refractivity (Wildman–Crippen MR) is 57.0 cm³/mol. The first-order chi connectivity index (χ1) is 7.40. The Bertz CT molecular complexity index is 280. The van der Waals surface area contributed by atoms with Crippen LogP contribution in [0.5, 0.6) is 0 Å². The van der Waals surface area contributed by atoms with Gasteiger partial charge in [0.1, 0.15) is 0 Å². The van der Waals surface area contributed by atoms with Gasteiger partial charge in [0.25, 0.3) is 0 Å². The molecule has 2 amide bonds. The fourth-order valence-electron chi connectivity index (χ4n) is 2.15.